The lowest BCUT2D eigenvalue weighted by atomic mass is 10.1. The molecule has 4 rings (SSSR count). The highest BCUT2D eigenvalue weighted by Crippen LogP contribution is 2.29. The molecule has 0 fully saturated rings. The van der Waals surface area contributed by atoms with Crippen LogP contribution in [0.15, 0.2) is 29.1 Å². The number of carbonyl (C=O) groups excluding carboxylic acids is 1. The zero-order valence-corrected chi connectivity index (χ0v) is 15.8. The van der Waals surface area contributed by atoms with Crippen LogP contribution in [-0.2, 0) is 7.05 Å². The van der Waals surface area contributed by atoms with Gasteiger partial charge in [-0.25, -0.2) is 9.37 Å². The molecule has 0 aliphatic heterocycles. The Labute approximate surface area is 156 Å². The molecule has 7 nitrogen and oxygen atoms in total. The maximum atomic E-state index is 14.5. The molecule has 0 radical (unpaired) electrons. The molecule has 0 atom stereocenters. The van der Waals surface area contributed by atoms with E-state index in [-0.39, 0.29) is 11.1 Å². The standard InChI is InChI=1S/C17H14BrFN6O/c1-8-5-25-7-13(21-16(25)9(2)20-8)22-17(26)14-12(19)4-11(18)10-6-24(3)23-15(10)14/h4-7H,1-3H3,(H,22,26). The summed E-state index contributed by atoms with van der Waals surface area (Å²) < 4.78 is 18.3. The van der Waals surface area contributed by atoms with Crippen molar-refractivity contribution in [3.05, 3.63) is 51.9 Å². The van der Waals surface area contributed by atoms with E-state index in [4.69, 9.17) is 0 Å². The summed E-state index contributed by atoms with van der Waals surface area (Å²) in [5.41, 5.74) is 2.37. The van der Waals surface area contributed by atoms with E-state index in [2.05, 4.69) is 36.3 Å². The second kappa shape index (κ2) is 5.87. The molecule has 3 heterocycles. The molecule has 3 aromatic heterocycles. The van der Waals surface area contributed by atoms with Gasteiger partial charge in [-0.2, -0.15) is 5.10 Å². The number of amides is 1. The van der Waals surface area contributed by atoms with Crippen molar-refractivity contribution < 1.29 is 9.18 Å². The van der Waals surface area contributed by atoms with Crippen molar-refractivity contribution in [1.82, 2.24) is 24.1 Å². The first-order chi connectivity index (χ1) is 12.3. The average molecular weight is 417 g/mol. The Hall–Kier alpha value is -2.81. The molecule has 0 saturated heterocycles. The van der Waals surface area contributed by atoms with Gasteiger partial charge in [-0.15, -0.1) is 0 Å². The molecule has 132 valence electrons. The van der Waals surface area contributed by atoms with Crippen molar-refractivity contribution in [1.29, 1.82) is 0 Å². The van der Waals surface area contributed by atoms with E-state index >= 15 is 0 Å². The van der Waals surface area contributed by atoms with Gasteiger partial charge in [0.15, 0.2) is 11.5 Å². The monoisotopic (exact) mass is 416 g/mol. The van der Waals surface area contributed by atoms with Crippen LogP contribution in [0.5, 0.6) is 0 Å². The fraction of sp³-hybridized carbons (Fsp3) is 0.176. The van der Waals surface area contributed by atoms with Crippen LogP contribution in [0.2, 0.25) is 0 Å². The van der Waals surface area contributed by atoms with Gasteiger partial charge in [0.2, 0.25) is 0 Å². The SMILES string of the molecule is Cc1cn2cc(NC(=O)c3c(F)cc(Br)c4cn(C)nc34)nc2c(C)n1. The van der Waals surface area contributed by atoms with Crippen molar-refractivity contribution in [3.8, 4) is 0 Å². The van der Waals surface area contributed by atoms with Crippen LogP contribution in [0.25, 0.3) is 16.6 Å². The van der Waals surface area contributed by atoms with Gasteiger partial charge in [-0.3, -0.25) is 14.5 Å². The number of nitrogens with zero attached hydrogens (tertiary/aromatic N) is 5. The lowest BCUT2D eigenvalue weighted by molar-refractivity contribution is 0.102. The molecule has 26 heavy (non-hydrogen) atoms. The number of rotatable bonds is 2. The summed E-state index contributed by atoms with van der Waals surface area (Å²) in [4.78, 5) is 21.4. The summed E-state index contributed by atoms with van der Waals surface area (Å²) in [7, 11) is 1.71. The number of fused-ring (bicyclic) bond motifs is 2. The van der Waals surface area contributed by atoms with Crippen molar-refractivity contribution >= 4 is 44.2 Å². The fourth-order valence-electron chi connectivity index (χ4n) is 2.98. The van der Waals surface area contributed by atoms with E-state index in [9.17, 15) is 9.18 Å². The average Bonchev–Trinajstić information content (AvgIpc) is 3.10. The lowest BCUT2D eigenvalue weighted by Crippen LogP contribution is -2.15. The summed E-state index contributed by atoms with van der Waals surface area (Å²) in [5.74, 6) is -0.945. The van der Waals surface area contributed by atoms with E-state index in [1.807, 2.05) is 20.0 Å². The van der Waals surface area contributed by atoms with Gasteiger partial charge < -0.3 is 9.72 Å². The third kappa shape index (κ3) is 2.64. The smallest absolute Gasteiger partial charge is 0.262 e. The number of hydrogen-bond acceptors (Lipinski definition) is 4. The summed E-state index contributed by atoms with van der Waals surface area (Å²) in [6, 6.07) is 1.26. The number of carbonyl (C=O) groups is 1. The number of imidazole rings is 1. The minimum absolute atomic E-state index is 0.119. The Kier molecular flexibility index (Phi) is 3.76. The van der Waals surface area contributed by atoms with Gasteiger partial charge in [0.05, 0.1) is 17.6 Å². The Morgan fingerprint density at radius 2 is 2.00 bits per heavy atom. The first kappa shape index (κ1) is 16.6. The molecule has 0 unspecified atom stereocenters. The molecule has 1 N–H and O–H groups in total. The summed E-state index contributed by atoms with van der Waals surface area (Å²) >= 11 is 3.30. The second-order valence-corrected chi connectivity index (χ2v) is 6.91. The highest BCUT2D eigenvalue weighted by atomic mass is 79.9. The van der Waals surface area contributed by atoms with Gasteiger partial charge in [0.1, 0.15) is 16.9 Å². The van der Waals surface area contributed by atoms with Gasteiger partial charge in [0.25, 0.3) is 5.91 Å². The van der Waals surface area contributed by atoms with E-state index in [1.54, 1.807) is 23.8 Å². The number of anilines is 1. The Balaban J connectivity index is 1.78. The summed E-state index contributed by atoms with van der Waals surface area (Å²) in [6.07, 6.45) is 5.20. The Bertz CT molecular complexity index is 1200. The Morgan fingerprint density at radius 1 is 1.23 bits per heavy atom. The molecule has 0 saturated carbocycles. The molecule has 4 aromatic rings. The summed E-state index contributed by atoms with van der Waals surface area (Å²) in [5, 5.41) is 7.53. The first-order valence-electron chi connectivity index (χ1n) is 7.79. The molecule has 0 aliphatic carbocycles. The molecule has 0 bridgehead atoms. The molecule has 0 aliphatic rings. The number of nitrogens with one attached hydrogen (secondary N) is 1. The predicted octanol–water partition coefficient (Wildman–Crippen LogP) is 3.39. The number of benzene rings is 1. The first-order valence-corrected chi connectivity index (χ1v) is 8.58. The fourth-order valence-corrected chi connectivity index (χ4v) is 3.47. The third-order valence-corrected chi connectivity index (χ3v) is 4.67. The van der Waals surface area contributed by atoms with Gasteiger partial charge in [-0.05, 0) is 35.8 Å². The van der Waals surface area contributed by atoms with Crippen LogP contribution in [0.1, 0.15) is 21.7 Å². The maximum absolute atomic E-state index is 14.5. The van der Waals surface area contributed by atoms with Gasteiger partial charge in [0, 0.05) is 29.3 Å². The minimum atomic E-state index is -0.655. The van der Waals surface area contributed by atoms with Crippen LogP contribution in [-0.4, -0.2) is 30.1 Å². The summed E-state index contributed by atoms with van der Waals surface area (Å²) in [6.45, 7) is 3.71. The van der Waals surface area contributed by atoms with Crippen molar-refractivity contribution in [2.24, 2.45) is 7.05 Å². The second-order valence-electron chi connectivity index (χ2n) is 6.06. The van der Waals surface area contributed by atoms with Crippen LogP contribution < -0.4 is 5.32 Å². The minimum Gasteiger partial charge on any atom is -0.305 e. The predicted molar refractivity (Wildman–Crippen MR) is 98.8 cm³/mol. The van der Waals surface area contributed by atoms with Gasteiger partial charge >= 0.3 is 0 Å². The zero-order chi connectivity index (χ0) is 18.6. The van der Waals surface area contributed by atoms with Crippen LogP contribution in [0, 0.1) is 19.7 Å². The van der Waals surface area contributed by atoms with Gasteiger partial charge in [-0.1, -0.05) is 0 Å². The number of halogens is 2. The normalized spacial score (nSPS) is 11.4. The number of hydrogen-bond donors (Lipinski definition) is 1. The van der Waals surface area contributed by atoms with Crippen LogP contribution >= 0.6 is 15.9 Å². The Morgan fingerprint density at radius 3 is 2.77 bits per heavy atom. The highest BCUT2D eigenvalue weighted by molar-refractivity contribution is 9.10. The molecule has 0 spiro atoms. The van der Waals surface area contributed by atoms with E-state index in [0.717, 1.165) is 11.4 Å². The number of aromatic nitrogens is 5. The highest BCUT2D eigenvalue weighted by Gasteiger charge is 2.21. The quantitative estimate of drug-likeness (QED) is 0.543. The molecule has 9 heteroatoms. The topological polar surface area (TPSA) is 77.1 Å². The van der Waals surface area contributed by atoms with Crippen LogP contribution in [0.3, 0.4) is 0 Å². The van der Waals surface area contributed by atoms with E-state index in [1.165, 1.54) is 10.7 Å². The molecular formula is C17H14BrFN6O. The third-order valence-electron chi connectivity index (χ3n) is 4.01. The lowest BCUT2D eigenvalue weighted by Gasteiger charge is -2.05. The molecule has 1 aromatic carbocycles. The van der Waals surface area contributed by atoms with E-state index < -0.39 is 11.7 Å². The zero-order valence-electron chi connectivity index (χ0n) is 14.2. The van der Waals surface area contributed by atoms with Crippen molar-refractivity contribution in [2.45, 2.75) is 13.8 Å². The molecular weight excluding hydrogens is 403 g/mol. The maximum Gasteiger partial charge on any atom is 0.262 e. The van der Waals surface area contributed by atoms with Crippen molar-refractivity contribution in [3.63, 3.8) is 0 Å². The number of aryl methyl sites for hydroxylation is 3. The molecule has 1 amide bonds. The van der Waals surface area contributed by atoms with Crippen molar-refractivity contribution in [2.75, 3.05) is 5.32 Å². The van der Waals surface area contributed by atoms with Crippen LogP contribution in [0.4, 0.5) is 10.2 Å². The van der Waals surface area contributed by atoms with E-state index in [0.29, 0.717) is 21.3 Å². The largest absolute Gasteiger partial charge is 0.305 e.